The first-order valence-electron chi connectivity index (χ1n) is 6.11. The SMILES string of the molecule is CC1OCCC1N(CCCC(=O)O)C(C)C. The summed E-state index contributed by atoms with van der Waals surface area (Å²) in [7, 11) is 0. The molecular formula is C12H23NO3. The molecule has 1 N–H and O–H groups in total. The van der Waals surface area contributed by atoms with Gasteiger partial charge >= 0.3 is 5.97 Å². The highest BCUT2D eigenvalue weighted by molar-refractivity contribution is 5.66. The average molecular weight is 229 g/mol. The van der Waals surface area contributed by atoms with Gasteiger partial charge in [-0.1, -0.05) is 0 Å². The fraction of sp³-hybridized carbons (Fsp3) is 0.917. The number of carboxylic acid groups (broad SMARTS) is 1. The maximum atomic E-state index is 10.5. The number of hydrogen-bond acceptors (Lipinski definition) is 3. The van der Waals surface area contributed by atoms with Crippen molar-refractivity contribution in [3.05, 3.63) is 0 Å². The van der Waals surface area contributed by atoms with Crippen LogP contribution in [0.1, 0.15) is 40.0 Å². The average Bonchev–Trinajstić information content (AvgIpc) is 2.58. The van der Waals surface area contributed by atoms with Crippen molar-refractivity contribution in [1.29, 1.82) is 0 Å². The first-order chi connectivity index (χ1) is 7.52. The first-order valence-corrected chi connectivity index (χ1v) is 6.11. The van der Waals surface area contributed by atoms with Crippen molar-refractivity contribution < 1.29 is 14.6 Å². The zero-order valence-electron chi connectivity index (χ0n) is 10.5. The fourth-order valence-corrected chi connectivity index (χ4v) is 2.38. The van der Waals surface area contributed by atoms with Crippen LogP contribution in [-0.2, 0) is 9.53 Å². The molecule has 1 saturated heterocycles. The van der Waals surface area contributed by atoms with Gasteiger partial charge in [-0.3, -0.25) is 9.69 Å². The highest BCUT2D eigenvalue weighted by Gasteiger charge is 2.30. The third-order valence-corrected chi connectivity index (χ3v) is 3.23. The smallest absolute Gasteiger partial charge is 0.303 e. The largest absolute Gasteiger partial charge is 0.481 e. The highest BCUT2D eigenvalue weighted by Crippen LogP contribution is 2.21. The Bertz CT molecular complexity index is 230. The number of carbonyl (C=O) groups is 1. The third-order valence-electron chi connectivity index (χ3n) is 3.23. The van der Waals surface area contributed by atoms with Crippen molar-refractivity contribution in [2.75, 3.05) is 13.2 Å². The van der Waals surface area contributed by atoms with Crippen molar-refractivity contribution >= 4 is 5.97 Å². The van der Waals surface area contributed by atoms with Gasteiger partial charge in [0.2, 0.25) is 0 Å². The molecule has 1 rings (SSSR count). The molecule has 2 atom stereocenters. The molecule has 1 aliphatic heterocycles. The number of hydrogen-bond donors (Lipinski definition) is 1. The molecule has 0 bridgehead atoms. The van der Waals surface area contributed by atoms with Gasteiger partial charge in [-0.2, -0.15) is 0 Å². The lowest BCUT2D eigenvalue weighted by molar-refractivity contribution is -0.137. The Morgan fingerprint density at radius 2 is 2.25 bits per heavy atom. The summed E-state index contributed by atoms with van der Waals surface area (Å²) in [6, 6.07) is 0.900. The van der Waals surface area contributed by atoms with Gasteiger partial charge in [-0.15, -0.1) is 0 Å². The zero-order valence-corrected chi connectivity index (χ0v) is 10.5. The second-order valence-corrected chi connectivity index (χ2v) is 4.76. The molecule has 1 heterocycles. The van der Waals surface area contributed by atoms with Crippen LogP contribution in [0.4, 0.5) is 0 Å². The van der Waals surface area contributed by atoms with Crippen LogP contribution < -0.4 is 0 Å². The Kier molecular flexibility index (Phi) is 5.22. The maximum Gasteiger partial charge on any atom is 0.303 e. The van der Waals surface area contributed by atoms with Crippen molar-refractivity contribution in [3.8, 4) is 0 Å². The quantitative estimate of drug-likeness (QED) is 0.753. The minimum Gasteiger partial charge on any atom is -0.481 e. The fourth-order valence-electron chi connectivity index (χ4n) is 2.38. The Morgan fingerprint density at radius 3 is 2.69 bits per heavy atom. The molecule has 0 aromatic rings. The van der Waals surface area contributed by atoms with E-state index in [1.165, 1.54) is 0 Å². The summed E-state index contributed by atoms with van der Waals surface area (Å²) < 4.78 is 5.57. The standard InChI is InChI=1S/C12H23NO3/c1-9(2)13(7-4-5-12(14)15)11-6-8-16-10(11)3/h9-11H,4-8H2,1-3H3,(H,14,15). The summed E-state index contributed by atoms with van der Waals surface area (Å²) in [5.74, 6) is -0.709. The lowest BCUT2D eigenvalue weighted by Gasteiger charge is -2.34. The molecule has 0 amide bonds. The topological polar surface area (TPSA) is 49.8 Å². The predicted molar refractivity (Wildman–Crippen MR) is 62.5 cm³/mol. The summed E-state index contributed by atoms with van der Waals surface area (Å²) >= 11 is 0. The van der Waals surface area contributed by atoms with Crippen LogP contribution in [0.5, 0.6) is 0 Å². The molecule has 0 saturated carbocycles. The van der Waals surface area contributed by atoms with E-state index < -0.39 is 5.97 Å². The summed E-state index contributed by atoms with van der Waals surface area (Å²) in [4.78, 5) is 12.9. The van der Waals surface area contributed by atoms with E-state index in [1.54, 1.807) is 0 Å². The number of ether oxygens (including phenoxy) is 1. The molecule has 94 valence electrons. The minimum atomic E-state index is -0.709. The van der Waals surface area contributed by atoms with Gasteiger partial charge in [0.25, 0.3) is 0 Å². The number of carboxylic acids is 1. The highest BCUT2D eigenvalue weighted by atomic mass is 16.5. The van der Waals surface area contributed by atoms with E-state index in [9.17, 15) is 4.79 Å². The molecule has 1 fully saturated rings. The summed E-state index contributed by atoms with van der Waals surface area (Å²) in [6.45, 7) is 8.10. The Morgan fingerprint density at radius 1 is 1.56 bits per heavy atom. The van der Waals surface area contributed by atoms with Crippen molar-refractivity contribution in [2.45, 2.75) is 58.2 Å². The molecule has 1 aliphatic rings. The molecule has 0 radical (unpaired) electrons. The normalized spacial score (nSPS) is 25.6. The van der Waals surface area contributed by atoms with Crippen molar-refractivity contribution in [1.82, 2.24) is 4.90 Å². The van der Waals surface area contributed by atoms with Crippen molar-refractivity contribution in [2.24, 2.45) is 0 Å². The molecule has 0 aromatic heterocycles. The zero-order chi connectivity index (χ0) is 12.1. The Hall–Kier alpha value is -0.610. The molecule has 4 heteroatoms. The van der Waals surface area contributed by atoms with Gasteiger partial charge in [0.05, 0.1) is 6.10 Å². The van der Waals surface area contributed by atoms with Crippen LogP contribution in [-0.4, -0.2) is 47.3 Å². The van der Waals surface area contributed by atoms with Gasteiger partial charge in [0.15, 0.2) is 0 Å². The molecule has 0 aliphatic carbocycles. The van der Waals surface area contributed by atoms with Crippen LogP contribution in [0.15, 0.2) is 0 Å². The minimum absolute atomic E-state index is 0.255. The predicted octanol–water partition coefficient (Wildman–Crippen LogP) is 1.74. The molecule has 0 spiro atoms. The molecule has 4 nitrogen and oxygen atoms in total. The first kappa shape index (κ1) is 13.5. The van der Waals surface area contributed by atoms with E-state index in [2.05, 4.69) is 25.7 Å². The van der Waals surface area contributed by atoms with Crippen LogP contribution >= 0.6 is 0 Å². The number of aliphatic carboxylic acids is 1. The summed E-state index contributed by atoms with van der Waals surface area (Å²) in [5, 5.41) is 8.64. The second-order valence-electron chi connectivity index (χ2n) is 4.76. The van der Waals surface area contributed by atoms with Gasteiger partial charge in [0, 0.05) is 25.1 Å². The van der Waals surface area contributed by atoms with Crippen LogP contribution in [0.2, 0.25) is 0 Å². The summed E-state index contributed by atoms with van der Waals surface area (Å²) in [6.07, 6.45) is 2.31. The summed E-state index contributed by atoms with van der Waals surface area (Å²) in [5.41, 5.74) is 0. The van der Waals surface area contributed by atoms with Gasteiger partial charge in [-0.25, -0.2) is 0 Å². The van der Waals surface area contributed by atoms with Gasteiger partial charge in [0.1, 0.15) is 0 Å². The number of rotatable bonds is 6. The van der Waals surface area contributed by atoms with Crippen molar-refractivity contribution in [3.63, 3.8) is 0 Å². The van der Waals surface area contributed by atoms with Gasteiger partial charge < -0.3 is 9.84 Å². The van der Waals surface area contributed by atoms with E-state index >= 15 is 0 Å². The lowest BCUT2D eigenvalue weighted by Crippen LogP contribution is -2.44. The van der Waals surface area contributed by atoms with E-state index in [1.807, 2.05) is 0 Å². The number of nitrogens with zero attached hydrogens (tertiary/aromatic N) is 1. The maximum absolute atomic E-state index is 10.5. The van der Waals surface area contributed by atoms with Gasteiger partial charge in [-0.05, 0) is 40.2 Å². The van der Waals surface area contributed by atoms with Crippen LogP contribution in [0.25, 0.3) is 0 Å². The third kappa shape index (κ3) is 3.76. The monoisotopic (exact) mass is 229 g/mol. The van der Waals surface area contributed by atoms with Crippen LogP contribution in [0, 0.1) is 0 Å². The molecule has 2 unspecified atom stereocenters. The molecule has 16 heavy (non-hydrogen) atoms. The van der Waals surface area contributed by atoms with E-state index in [4.69, 9.17) is 9.84 Å². The Balaban J connectivity index is 2.44. The Labute approximate surface area is 97.6 Å². The second kappa shape index (κ2) is 6.21. The van der Waals surface area contributed by atoms with E-state index in [0.717, 1.165) is 26.0 Å². The van der Waals surface area contributed by atoms with Crippen LogP contribution in [0.3, 0.4) is 0 Å². The molecular weight excluding hydrogens is 206 g/mol. The molecule has 0 aromatic carbocycles. The van der Waals surface area contributed by atoms with E-state index in [-0.39, 0.29) is 12.5 Å². The van der Waals surface area contributed by atoms with E-state index in [0.29, 0.717) is 12.1 Å². The lowest BCUT2D eigenvalue weighted by atomic mass is 10.1.